The molecule has 2 heterocycles. The second-order valence-electron chi connectivity index (χ2n) is 4.39. The van der Waals surface area contributed by atoms with Crippen LogP contribution in [0.4, 0.5) is 5.69 Å². The highest BCUT2D eigenvalue weighted by molar-refractivity contribution is 6.31. The molecule has 0 bridgehead atoms. The summed E-state index contributed by atoms with van der Waals surface area (Å²) in [4.78, 5) is 14.6. The summed E-state index contributed by atoms with van der Waals surface area (Å²) in [6.07, 6.45) is 7.11. The molecule has 0 saturated heterocycles. The van der Waals surface area contributed by atoms with Crippen LogP contribution in [0.15, 0.2) is 47.9 Å². The third-order valence-electron chi connectivity index (χ3n) is 3.09. The third-order valence-corrected chi connectivity index (χ3v) is 3.32. The Morgan fingerprint density at radius 1 is 1.24 bits per heavy atom. The van der Waals surface area contributed by atoms with Gasteiger partial charge in [-0.25, -0.2) is 9.97 Å². The van der Waals surface area contributed by atoms with Crippen LogP contribution in [0.2, 0.25) is 5.02 Å². The number of allylic oxidation sites excluding steroid dienone is 1. The molecule has 1 aliphatic heterocycles. The Balaban J connectivity index is 2.09. The van der Waals surface area contributed by atoms with Gasteiger partial charge in [-0.3, -0.25) is 4.99 Å². The SMILES string of the molecule is COc1cc(-c2cc(Cl)ccc2N2C=CC=NC2)ncn1. The zero-order valence-electron chi connectivity index (χ0n) is 11.4. The zero-order valence-corrected chi connectivity index (χ0v) is 12.2. The second kappa shape index (κ2) is 5.93. The van der Waals surface area contributed by atoms with Crippen molar-refractivity contribution in [2.45, 2.75) is 0 Å². The highest BCUT2D eigenvalue weighted by atomic mass is 35.5. The number of ether oxygens (including phenoxy) is 1. The third kappa shape index (κ3) is 2.87. The van der Waals surface area contributed by atoms with Gasteiger partial charge >= 0.3 is 0 Å². The van der Waals surface area contributed by atoms with Crippen LogP contribution in [-0.2, 0) is 0 Å². The maximum atomic E-state index is 6.14. The van der Waals surface area contributed by atoms with Gasteiger partial charge in [-0.2, -0.15) is 0 Å². The largest absolute Gasteiger partial charge is 0.481 e. The van der Waals surface area contributed by atoms with Crippen LogP contribution < -0.4 is 9.64 Å². The van der Waals surface area contributed by atoms with E-state index in [2.05, 4.69) is 15.0 Å². The number of rotatable bonds is 3. The highest BCUT2D eigenvalue weighted by Crippen LogP contribution is 2.33. The predicted octanol–water partition coefficient (Wildman–Crippen LogP) is 3.17. The van der Waals surface area contributed by atoms with E-state index < -0.39 is 0 Å². The number of benzene rings is 1. The van der Waals surface area contributed by atoms with Crippen LogP contribution in [0.5, 0.6) is 5.88 Å². The van der Waals surface area contributed by atoms with E-state index >= 15 is 0 Å². The Labute approximate surface area is 127 Å². The Hall–Kier alpha value is -2.40. The lowest BCUT2D eigenvalue weighted by atomic mass is 10.1. The molecule has 21 heavy (non-hydrogen) atoms. The van der Waals surface area contributed by atoms with E-state index in [1.54, 1.807) is 19.4 Å². The molecule has 106 valence electrons. The van der Waals surface area contributed by atoms with Gasteiger partial charge in [0.05, 0.1) is 18.5 Å². The van der Waals surface area contributed by atoms with Gasteiger partial charge in [0.1, 0.15) is 13.0 Å². The Morgan fingerprint density at radius 2 is 2.14 bits per heavy atom. The van der Waals surface area contributed by atoms with E-state index in [1.165, 1.54) is 6.33 Å². The van der Waals surface area contributed by atoms with Gasteiger partial charge < -0.3 is 9.64 Å². The normalized spacial score (nSPS) is 13.5. The minimum absolute atomic E-state index is 0.512. The molecule has 0 amide bonds. The van der Waals surface area contributed by atoms with E-state index in [9.17, 15) is 0 Å². The van der Waals surface area contributed by atoms with E-state index in [0.29, 0.717) is 17.6 Å². The molecule has 6 heteroatoms. The number of anilines is 1. The number of halogens is 1. The van der Waals surface area contributed by atoms with Crippen molar-refractivity contribution in [2.24, 2.45) is 4.99 Å². The van der Waals surface area contributed by atoms with Gasteiger partial charge in [0, 0.05) is 29.1 Å². The average molecular weight is 301 g/mol. The summed E-state index contributed by atoms with van der Waals surface area (Å²) in [7, 11) is 1.58. The minimum atomic E-state index is 0.512. The molecule has 0 atom stereocenters. The second-order valence-corrected chi connectivity index (χ2v) is 4.83. The van der Waals surface area contributed by atoms with Crippen LogP contribution >= 0.6 is 11.6 Å². The van der Waals surface area contributed by atoms with Crippen LogP contribution in [-0.4, -0.2) is 30.0 Å². The van der Waals surface area contributed by atoms with Gasteiger partial charge in [-0.05, 0) is 24.3 Å². The summed E-state index contributed by atoms with van der Waals surface area (Å²) in [6.45, 7) is 0.563. The molecular formula is C15H13ClN4O. The number of methoxy groups -OCH3 is 1. The molecule has 0 radical (unpaired) electrons. The number of nitrogens with zero attached hydrogens (tertiary/aromatic N) is 4. The number of aliphatic imine (C=N–C) groups is 1. The van der Waals surface area contributed by atoms with Crippen molar-refractivity contribution in [2.75, 3.05) is 18.7 Å². The predicted molar refractivity (Wildman–Crippen MR) is 84.0 cm³/mol. The van der Waals surface area contributed by atoms with Crippen molar-refractivity contribution in [1.82, 2.24) is 9.97 Å². The fraction of sp³-hybridized carbons (Fsp3) is 0.133. The quantitative estimate of drug-likeness (QED) is 0.873. The van der Waals surface area contributed by atoms with Crippen LogP contribution in [0.1, 0.15) is 0 Å². The lowest BCUT2D eigenvalue weighted by molar-refractivity contribution is 0.397. The van der Waals surface area contributed by atoms with Crippen LogP contribution in [0.25, 0.3) is 11.3 Å². The molecule has 0 fully saturated rings. The number of hydrogen-bond donors (Lipinski definition) is 0. The van der Waals surface area contributed by atoms with Gasteiger partial charge in [0.15, 0.2) is 0 Å². The monoisotopic (exact) mass is 300 g/mol. The lowest BCUT2D eigenvalue weighted by Crippen LogP contribution is -2.19. The van der Waals surface area contributed by atoms with Gasteiger partial charge in [-0.15, -0.1) is 0 Å². The number of aromatic nitrogens is 2. The van der Waals surface area contributed by atoms with Crippen molar-refractivity contribution in [3.63, 3.8) is 0 Å². The van der Waals surface area contributed by atoms with Gasteiger partial charge in [0.25, 0.3) is 0 Å². The first-order valence-electron chi connectivity index (χ1n) is 6.37. The fourth-order valence-electron chi connectivity index (χ4n) is 2.10. The summed E-state index contributed by atoms with van der Waals surface area (Å²) in [6, 6.07) is 7.47. The van der Waals surface area contributed by atoms with Crippen LogP contribution in [0.3, 0.4) is 0 Å². The first kappa shape index (κ1) is 13.6. The molecule has 3 rings (SSSR count). The number of hydrogen-bond acceptors (Lipinski definition) is 5. The minimum Gasteiger partial charge on any atom is -0.481 e. The zero-order chi connectivity index (χ0) is 14.7. The smallest absolute Gasteiger partial charge is 0.216 e. The first-order chi connectivity index (χ1) is 10.3. The fourth-order valence-corrected chi connectivity index (χ4v) is 2.28. The molecular weight excluding hydrogens is 288 g/mol. The molecule has 1 aromatic carbocycles. The summed E-state index contributed by atoms with van der Waals surface area (Å²) >= 11 is 6.14. The summed E-state index contributed by atoms with van der Waals surface area (Å²) in [5.41, 5.74) is 2.64. The summed E-state index contributed by atoms with van der Waals surface area (Å²) < 4.78 is 5.16. The first-order valence-corrected chi connectivity index (χ1v) is 6.75. The maximum Gasteiger partial charge on any atom is 0.216 e. The molecule has 1 aromatic heterocycles. The molecule has 0 unspecified atom stereocenters. The Morgan fingerprint density at radius 3 is 2.90 bits per heavy atom. The average Bonchev–Trinajstić information content (AvgIpc) is 2.55. The van der Waals surface area contributed by atoms with Gasteiger partial charge in [-0.1, -0.05) is 11.6 Å². The Kier molecular flexibility index (Phi) is 3.83. The molecule has 0 saturated carbocycles. The van der Waals surface area contributed by atoms with Crippen molar-refractivity contribution >= 4 is 23.5 Å². The molecule has 2 aromatic rings. The standard InChI is InChI=1S/C15H13ClN4O/c1-21-15-8-13(18-9-19-15)12-7-11(16)3-4-14(12)20-6-2-5-17-10-20/h2-9H,10H2,1H3. The topological polar surface area (TPSA) is 50.6 Å². The maximum absolute atomic E-state index is 6.14. The summed E-state index contributed by atoms with van der Waals surface area (Å²) in [5.74, 6) is 0.512. The molecule has 0 aliphatic carbocycles. The summed E-state index contributed by atoms with van der Waals surface area (Å²) in [5, 5.41) is 0.649. The van der Waals surface area contributed by atoms with Crippen molar-refractivity contribution in [1.29, 1.82) is 0 Å². The molecule has 5 nitrogen and oxygen atoms in total. The van der Waals surface area contributed by atoms with Crippen molar-refractivity contribution < 1.29 is 4.74 Å². The van der Waals surface area contributed by atoms with Crippen molar-refractivity contribution in [3.05, 3.63) is 47.9 Å². The molecule has 0 N–H and O–H groups in total. The van der Waals surface area contributed by atoms with E-state index in [-0.39, 0.29) is 0 Å². The van der Waals surface area contributed by atoms with Gasteiger partial charge in [0.2, 0.25) is 5.88 Å². The highest BCUT2D eigenvalue weighted by Gasteiger charge is 2.14. The Bertz CT molecular complexity index is 715. The van der Waals surface area contributed by atoms with Crippen LogP contribution in [0, 0.1) is 0 Å². The molecule has 0 spiro atoms. The van der Waals surface area contributed by atoms with E-state index in [4.69, 9.17) is 16.3 Å². The van der Waals surface area contributed by atoms with E-state index in [1.807, 2.05) is 35.4 Å². The lowest BCUT2D eigenvalue weighted by Gasteiger charge is -2.23. The van der Waals surface area contributed by atoms with E-state index in [0.717, 1.165) is 16.9 Å². The van der Waals surface area contributed by atoms with Crippen molar-refractivity contribution in [3.8, 4) is 17.1 Å². The molecule has 1 aliphatic rings.